The summed E-state index contributed by atoms with van der Waals surface area (Å²) in [6, 6.07) is 0. The molecular weight excluding hydrogens is 366 g/mol. The van der Waals surface area contributed by atoms with E-state index in [-0.39, 0.29) is 24.8 Å². The first-order valence-corrected chi connectivity index (χ1v) is 7.58. The van der Waals surface area contributed by atoms with E-state index in [1.807, 2.05) is 6.08 Å². The predicted octanol–water partition coefficient (Wildman–Crippen LogP) is 5.62. The van der Waals surface area contributed by atoms with E-state index in [0.717, 1.165) is 6.42 Å². The zero-order chi connectivity index (χ0) is 14.1. The smallest absolute Gasteiger partial charge is 0.147 e. The molecule has 0 nitrogen and oxygen atoms in total. The average molecular weight is 393 g/mol. The Kier molecular flexibility index (Phi) is 18.0. The Labute approximate surface area is 152 Å². The molecule has 2 rings (SSSR count). The summed E-state index contributed by atoms with van der Waals surface area (Å²) in [7, 11) is 0. The maximum Gasteiger partial charge on any atom is -0.147 e. The molecule has 0 aromatic heterocycles. The van der Waals surface area contributed by atoms with E-state index >= 15 is 0 Å². The van der Waals surface area contributed by atoms with Crippen molar-refractivity contribution in [1.29, 1.82) is 0 Å². The minimum Gasteiger partial charge on any atom is -0.147 e. The van der Waals surface area contributed by atoms with Crippen LogP contribution in [-0.2, 0) is 24.2 Å². The zero-order valence-corrected chi connectivity index (χ0v) is 17.4. The van der Waals surface area contributed by atoms with E-state index in [9.17, 15) is 0 Å². The normalized spacial score (nSPS) is 18.0. The van der Waals surface area contributed by atoms with Crippen molar-refractivity contribution < 1.29 is 24.2 Å². The van der Waals surface area contributed by atoms with Crippen LogP contribution in [-0.4, -0.2) is 3.21 Å². The van der Waals surface area contributed by atoms with Crippen molar-refractivity contribution in [3.63, 3.8) is 0 Å². The van der Waals surface area contributed by atoms with Gasteiger partial charge in [-0.3, -0.25) is 12.2 Å². The fourth-order valence-electron chi connectivity index (χ4n) is 1.50. The number of hydrogen-bond donors (Lipinski definition) is 0. The number of halogens is 2. The van der Waals surface area contributed by atoms with Crippen molar-refractivity contribution in [2.24, 2.45) is 5.92 Å². The van der Waals surface area contributed by atoms with Crippen molar-refractivity contribution in [2.45, 2.75) is 48.0 Å². The third kappa shape index (κ3) is 16.3. The van der Waals surface area contributed by atoms with Gasteiger partial charge in [-0.15, -0.1) is 38.2 Å². The first kappa shape index (κ1) is 25.3. The summed E-state index contributed by atoms with van der Waals surface area (Å²) in [5, 5.41) is 0. The molecule has 0 aliphatic heterocycles. The van der Waals surface area contributed by atoms with Gasteiger partial charge in [0.15, 0.2) is 0 Å². The zero-order valence-electron chi connectivity index (χ0n) is 13.3. The van der Waals surface area contributed by atoms with E-state index in [4.69, 9.17) is 0 Å². The number of rotatable bonds is 0. The summed E-state index contributed by atoms with van der Waals surface area (Å²) in [4.78, 5) is 0. The summed E-state index contributed by atoms with van der Waals surface area (Å²) in [5.74, 6) is 0.556. The molecule has 112 valence electrons. The molecule has 0 aromatic rings. The average Bonchev–Trinajstić information content (AvgIpc) is 2.76. The van der Waals surface area contributed by atoms with Crippen molar-refractivity contribution in [3.05, 3.63) is 47.1 Å². The second kappa shape index (κ2) is 14.2. The van der Waals surface area contributed by atoms with E-state index in [1.165, 1.54) is 19.9 Å². The molecule has 1 unspecified atom stereocenters. The largest absolute Gasteiger partial charge is 0.147 e. The van der Waals surface area contributed by atoms with Crippen LogP contribution in [0.5, 0.6) is 0 Å². The molecule has 0 saturated heterocycles. The van der Waals surface area contributed by atoms with Gasteiger partial charge >= 0.3 is 41.3 Å². The van der Waals surface area contributed by atoms with Crippen molar-refractivity contribution in [3.8, 4) is 0 Å². The first-order chi connectivity index (χ1) is 8.31. The van der Waals surface area contributed by atoms with Gasteiger partial charge in [0, 0.05) is 0 Å². The maximum atomic E-state index is 3.19. The summed E-state index contributed by atoms with van der Waals surface area (Å²) in [6.45, 7) is 12.7. The Morgan fingerprint density at radius 2 is 1.70 bits per heavy atom. The van der Waals surface area contributed by atoms with Gasteiger partial charge in [0.2, 0.25) is 0 Å². The van der Waals surface area contributed by atoms with Gasteiger partial charge < -0.3 is 0 Å². The summed E-state index contributed by atoms with van der Waals surface area (Å²) in [5.41, 5.74) is 4.06. The second-order valence-electron chi connectivity index (χ2n) is 5.04. The number of allylic oxidation sites excluding steroid dienone is 8. The van der Waals surface area contributed by atoms with E-state index in [0.29, 0.717) is 5.92 Å². The number of hydrogen-bond acceptors (Lipinski definition) is 0. The molecule has 0 spiro atoms. The summed E-state index contributed by atoms with van der Waals surface area (Å²) in [6.07, 6.45) is 13.8. The van der Waals surface area contributed by atoms with Gasteiger partial charge in [0.05, 0.1) is 0 Å². The summed E-state index contributed by atoms with van der Waals surface area (Å²) < 4.78 is 1.51. The third-order valence-electron chi connectivity index (χ3n) is 2.20. The van der Waals surface area contributed by atoms with Crippen LogP contribution in [0.2, 0.25) is 0 Å². The first-order valence-electron chi connectivity index (χ1n) is 6.35. The molecule has 2 aliphatic carbocycles. The fourth-order valence-corrected chi connectivity index (χ4v) is 1.50. The molecule has 0 fully saturated rings. The third-order valence-corrected chi connectivity index (χ3v) is 2.20. The van der Waals surface area contributed by atoms with Crippen LogP contribution >= 0.6 is 24.8 Å². The van der Waals surface area contributed by atoms with Crippen molar-refractivity contribution in [2.75, 3.05) is 0 Å². The topological polar surface area (TPSA) is 0 Å². The van der Waals surface area contributed by atoms with Crippen LogP contribution in [0.25, 0.3) is 0 Å². The van der Waals surface area contributed by atoms with Crippen LogP contribution in [0.15, 0.2) is 34.9 Å². The van der Waals surface area contributed by atoms with Gasteiger partial charge in [-0.1, -0.05) is 26.7 Å². The minimum absolute atomic E-state index is 0. The molecule has 0 heterocycles. The minimum atomic E-state index is 0. The summed E-state index contributed by atoms with van der Waals surface area (Å²) >= 11 is 1.55. The second-order valence-corrected chi connectivity index (χ2v) is 7.50. The Morgan fingerprint density at radius 3 is 1.80 bits per heavy atom. The molecule has 0 saturated carbocycles. The van der Waals surface area contributed by atoms with Gasteiger partial charge in [0.1, 0.15) is 0 Å². The van der Waals surface area contributed by atoms with Crippen molar-refractivity contribution in [1.82, 2.24) is 0 Å². The molecule has 0 radical (unpaired) electrons. The van der Waals surface area contributed by atoms with Gasteiger partial charge in [-0.2, -0.15) is 11.6 Å². The molecule has 0 aromatic carbocycles. The van der Waals surface area contributed by atoms with Gasteiger partial charge in [-0.25, -0.2) is 23.3 Å². The van der Waals surface area contributed by atoms with Gasteiger partial charge in [-0.05, 0) is 0 Å². The monoisotopic (exact) mass is 390 g/mol. The standard InChI is InChI=1S/2C7H9.C3H6.2ClH.Zr/c2*1-6-3-4-7(2)5-6;1-3-2;;;/h5H,3H2,1-2H3;3,5,7H,1-2H3;1-2H3;2*1H;/q2*-1;;;;+2. The predicted molar refractivity (Wildman–Crippen MR) is 92.4 cm³/mol. The van der Waals surface area contributed by atoms with Crippen LogP contribution in [0.3, 0.4) is 0 Å². The molecule has 0 N–H and O–H groups in total. The molecule has 0 amide bonds. The molecule has 0 bridgehead atoms. The van der Waals surface area contributed by atoms with Crippen LogP contribution in [0.1, 0.15) is 48.0 Å². The molecule has 20 heavy (non-hydrogen) atoms. The quantitative estimate of drug-likeness (QED) is 0.470. The van der Waals surface area contributed by atoms with E-state index < -0.39 is 0 Å². The van der Waals surface area contributed by atoms with Crippen LogP contribution in [0, 0.1) is 18.1 Å². The molecule has 2 aliphatic rings. The maximum absolute atomic E-state index is 3.19. The fraction of sp³-hybridized carbons (Fsp3) is 0.471. The SMILES string of the molecule is CC1=CC(C)[C-]=C1.CC1=[C-]CC(C)=C1.C[C](C)=[Zr+2].Cl.Cl. The van der Waals surface area contributed by atoms with Crippen LogP contribution < -0.4 is 0 Å². The molecule has 3 heteroatoms. The Bertz CT molecular complexity index is 397. The van der Waals surface area contributed by atoms with E-state index in [2.05, 4.69) is 65.8 Å². The molecule has 1 atom stereocenters. The Hall–Kier alpha value is 0.293. The van der Waals surface area contributed by atoms with Crippen molar-refractivity contribution >= 4 is 28.0 Å². The molecular formula is C17H26Cl2Zr. The van der Waals surface area contributed by atoms with Crippen LogP contribution in [0.4, 0.5) is 0 Å². The Balaban J connectivity index is -0.000000215. The van der Waals surface area contributed by atoms with Gasteiger partial charge in [0.25, 0.3) is 0 Å². The van der Waals surface area contributed by atoms with E-state index in [1.54, 1.807) is 24.2 Å². The Morgan fingerprint density at radius 1 is 1.20 bits per heavy atom.